The number of aromatic nitrogens is 3. The lowest BCUT2D eigenvalue weighted by molar-refractivity contribution is -0.113. The van der Waals surface area contributed by atoms with Gasteiger partial charge in [-0.25, -0.2) is 13.4 Å². The molecule has 1 aromatic heterocycles. The zero-order valence-electron chi connectivity index (χ0n) is 16.5. The molecule has 3 aromatic rings. The second-order valence-corrected chi connectivity index (χ2v) is 9.59. The summed E-state index contributed by atoms with van der Waals surface area (Å²) in [5.74, 6) is 0.438. The molecule has 0 bridgehead atoms. The zero-order valence-corrected chi connectivity index (χ0v) is 18.2. The van der Waals surface area contributed by atoms with E-state index in [4.69, 9.17) is 4.74 Å². The summed E-state index contributed by atoms with van der Waals surface area (Å²) >= 11 is 1.19. The van der Waals surface area contributed by atoms with E-state index < -0.39 is 10.0 Å². The molecule has 1 amide bonds. The molecule has 9 nitrogen and oxygen atoms in total. The fourth-order valence-electron chi connectivity index (χ4n) is 3.03. The van der Waals surface area contributed by atoms with Crippen molar-refractivity contribution in [3.05, 3.63) is 54.6 Å². The van der Waals surface area contributed by atoms with Gasteiger partial charge in [-0.1, -0.05) is 48.2 Å². The monoisotopic (exact) mass is 459 g/mol. The summed E-state index contributed by atoms with van der Waals surface area (Å²) in [6, 6.07) is 15.8. The molecular weight excluding hydrogens is 438 g/mol. The van der Waals surface area contributed by atoms with E-state index in [0.29, 0.717) is 43.0 Å². The van der Waals surface area contributed by atoms with Crippen LogP contribution in [-0.4, -0.2) is 65.9 Å². The third-order valence-corrected chi connectivity index (χ3v) is 7.31. The fraction of sp³-hybridized carbons (Fsp3) is 0.250. The Morgan fingerprint density at radius 3 is 2.68 bits per heavy atom. The summed E-state index contributed by atoms with van der Waals surface area (Å²) in [5, 5.41) is 10.2. The van der Waals surface area contributed by atoms with Gasteiger partial charge in [0.2, 0.25) is 21.1 Å². The third-order valence-electron chi connectivity index (χ3n) is 4.57. The van der Waals surface area contributed by atoms with Crippen molar-refractivity contribution in [2.75, 3.05) is 37.4 Å². The summed E-state index contributed by atoms with van der Waals surface area (Å²) < 4.78 is 32.2. The highest BCUT2D eigenvalue weighted by Crippen LogP contribution is 2.22. The van der Waals surface area contributed by atoms with E-state index in [-0.39, 0.29) is 16.6 Å². The van der Waals surface area contributed by atoms with E-state index >= 15 is 0 Å². The Kier molecular flexibility index (Phi) is 6.66. The maximum atomic E-state index is 12.8. The molecule has 0 atom stereocenters. The van der Waals surface area contributed by atoms with Crippen molar-refractivity contribution < 1.29 is 17.9 Å². The van der Waals surface area contributed by atoms with Crippen LogP contribution in [0.3, 0.4) is 0 Å². The standard InChI is InChI=1S/C20H21N5O4S2/c26-18(14-30-20-22-19(23-24-20)15-5-2-1-3-6-15)21-16-7-4-8-17(13-16)31(27,28)25-9-11-29-12-10-25/h1-8,13H,9-12,14H2,(H,21,26)(H,22,23,24). The van der Waals surface area contributed by atoms with Gasteiger partial charge in [0.25, 0.3) is 0 Å². The van der Waals surface area contributed by atoms with Crippen molar-refractivity contribution in [3.63, 3.8) is 0 Å². The van der Waals surface area contributed by atoms with Gasteiger partial charge in [-0.3, -0.25) is 9.89 Å². The van der Waals surface area contributed by atoms with Crippen LogP contribution < -0.4 is 5.32 Å². The number of thioether (sulfide) groups is 1. The number of rotatable bonds is 7. The first-order chi connectivity index (χ1) is 15.0. The zero-order chi connectivity index (χ0) is 21.7. The minimum atomic E-state index is -3.63. The highest BCUT2D eigenvalue weighted by atomic mass is 32.2. The molecule has 11 heteroatoms. The third kappa shape index (κ3) is 5.31. The van der Waals surface area contributed by atoms with Crippen LogP contribution >= 0.6 is 11.8 Å². The minimum Gasteiger partial charge on any atom is -0.379 e. The molecule has 1 aliphatic rings. The lowest BCUT2D eigenvalue weighted by atomic mass is 10.2. The molecule has 162 valence electrons. The van der Waals surface area contributed by atoms with Crippen LogP contribution in [0.4, 0.5) is 5.69 Å². The molecule has 0 spiro atoms. The van der Waals surface area contributed by atoms with Gasteiger partial charge >= 0.3 is 0 Å². The van der Waals surface area contributed by atoms with Crippen molar-refractivity contribution >= 4 is 33.4 Å². The molecule has 1 aliphatic heterocycles. The van der Waals surface area contributed by atoms with Crippen LogP contribution in [0.1, 0.15) is 0 Å². The van der Waals surface area contributed by atoms with Gasteiger partial charge in [-0.05, 0) is 18.2 Å². The molecular formula is C20H21N5O4S2. The Morgan fingerprint density at radius 1 is 1.13 bits per heavy atom. The van der Waals surface area contributed by atoms with Gasteiger partial charge in [0.1, 0.15) is 0 Å². The van der Waals surface area contributed by atoms with Crippen LogP contribution in [0.25, 0.3) is 11.4 Å². The summed E-state index contributed by atoms with van der Waals surface area (Å²) in [5.41, 5.74) is 1.32. The molecule has 1 saturated heterocycles. The number of anilines is 1. The normalized spacial score (nSPS) is 15.0. The largest absolute Gasteiger partial charge is 0.379 e. The summed E-state index contributed by atoms with van der Waals surface area (Å²) in [6.45, 7) is 1.38. The van der Waals surface area contributed by atoms with E-state index in [2.05, 4.69) is 20.5 Å². The number of hydrogen-bond acceptors (Lipinski definition) is 7. The van der Waals surface area contributed by atoms with Crippen LogP contribution in [0.2, 0.25) is 0 Å². The molecule has 0 radical (unpaired) electrons. The van der Waals surface area contributed by atoms with Gasteiger partial charge in [-0.2, -0.15) is 4.31 Å². The fourth-order valence-corrected chi connectivity index (χ4v) is 5.09. The first kappa shape index (κ1) is 21.5. The van der Waals surface area contributed by atoms with E-state index in [1.165, 1.54) is 28.2 Å². The number of hydrogen-bond donors (Lipinski definition) is 2. The van der Waals surface area contributed by atoms with Gasteiger partial charge in [0, 0.05) is 24.3 Å². The average Bonchev–Trinajstić information content (AvgIpc) is 3.28. The summed E-state index contributed by atoms with van der Waals surface area (Å²) in [4.78, 5) is 16.9. The number of H-pyrrole nitrogens is 1. The predicted molar refractivity (Wildman–Crippen MR) is 117 cm³/mol. The first-order valence-electron chi connectivity index (χ1n) is 9.61. The lowest BCUT2D eigenvalue weighted by Gasteiger charge is -2.26. The highest BCUT2D eigenvalue weighted by Gasteiger charge is 2.26. The molecule has 1 fully saturated rings. The van der Waals surface area contributed by atoms with Crippen molar-refractivity contribution in [1.29, 1.82) is 0 Å². The Labute approximate surface area is 184 Å². The van der Waals surface area contributed by atoms with Crippen molar-refractivity contribution in [2.45, 2.75) is 10.1 Å². The smallest absolute Gasteiger partial charge is 0.243 e. The number of morpholine rings is 1. The maximum absolute atomic E-state index is 12.8. The van der Waals surface area contributed by atoms with E-state index in [1.807, 2.05) is 30.3 Å². The minimum absolute atomic E-state index is 0.0898. The van der Waals surface area contributed by atoms with Crippen LogP contribution in [0.15, 0.2) is 64.6 Å². The average molecular weight is 460 g/mol. The Balaban J connectivity index is 1.36. The molecule has 0 aliphatic carbocycles. The molecule has 2 heterocycles. The van der Waals surface area contributed by atoms with Gasteiger partial charge in [0.15, 0.2) is 5.82 Å². The first-order valence-corrected chi connectivity index (χ1v) is 12.0. The molecule has 4 rings (SSSR count). The molecule has 0 saturated carbocycles. The van der Waals surface area contributed by atoms with E-state index in [9.17, 15) is 13.2 Å². The van der Waals surface area contributed by atoms with Gasteiger partial charge in [-0.15, -0.1) is 5.10 Å². The Bertz CT molecular complexity index is 1150. The number of benzene rings is 2. The Morgan fingerprint density at radius 2 is 1.90 bits per heavy atom. The number of sulfonamides is 1. The second-order valence-electron chi connectivity index (χ2n) is 6.71. The topological polar surface area (TPSA) is 117 Å². The van der Waals surface area contributed by atoms with Crippen molar-refractivity contribution in [3.8, 4) is 11.4 Å². The molecule has 0 unspecified atom stereocenters. The van der Waals surface area contributed by atoms with Crippen molar-refractivity contribution in [2.24, 2.45) is 0 Å². The molecule has 2 aromatic carbocycles. The van der Waals surface area contributed by atoms with Crippen LogP contribution in [-0.2, 0) is 19.6 Å². The maximum Gasteiger partial charge on any atom is 0.243 e. The lowest BCUT2D eigenvalue weighted by Crippen LogP contribution is -2.40. The number of amides is 1. The van der Waals surface area contributed by atoms with Gasteiger partial charge < -0.3 is 10.1 Å². The number of ether oxygens (including phenoxy) is 1. The number of nitrogens with one attached hydrogen (secondary N) is 2. The predicted octanol–water partition coefficient (Wildman–Crippen LogP) is 2.22. The molecule has 2 N–H and O–H groups in total. The van der Waals surface area contributed by atoms with Crippen molar-refractivity contribution in [1.82, 2.24) is 19.5 Å². The highest BCUT2D eigenvalue weighted by molar-refractivity contribution is 7.99. The van der Waals surface area contributed by atoms with E-state index in [1.54, 1.807) is 12.1 Å². The van der Waals surface area contributed by atoms with Crippen LogP contribution in [0, 0.1) is 0 Å². The summed E-state index contributed by atoms with van der Waals surface area (Å²) in [7, 11) is -3.63. The number of carbonyl (C=O) groups is 1. The number of aromatic amines is 1. The second kappa shape index (κ2) is 9.60. The Hall–Kier alpha value is -2.73. The number of nitrogens with zero attached hydrogens (tertiary/aromatic N) is 3. The number of carbonyl (C=O) groups excluding carboxylic acids is 1. The quantitative estimate of drug-likeness (QED) is 0.520. The van der Waals surface area contributed by atoms with Gasteiger partial charge in [0.05, 0.1) is 23.9 Å². The summed E-state index contributed by atoms with van der Waals surface area (Å²) in [6.07, 6.45) is 0. The van der Waals surface area contributed by atoms with Crippen LogP contribution in [0.5, 0.6) is 0 Å². The SMILES string of the molecule is O=C(CSc1n[nH]c(-c2ccccc2)n1)Nc1cccc(S(=O)(=O)N2CCOCC2)c1. The molecule has 31 heavy (non-hydrogen) atoms. The van der Waals surface area contributed by atoms with E-state index in [0.717, 1.165) is 5.56 Å².